The van der Waals surface area contributed by atoms with E-state index in [1.54, 1.807) is 0 Å². The number of rotatable bonds is 4. The van der Waals surface area contributed by atoms with Crippen LogP contribution in [0.5, 0.6) is 11.5 Å². The van der Waals surface area contributed by atoms with Crippen LogP contribution in [0.3, 0.4) is 0 Å². The summed E-state index contributed by atoms with van der Waals surface area (Å²) in [5.41, 5.74) is 1.19. The zero-order valence-corrected chi connectivity index (χ0v) is 12.2. The van der Waals surface area contributed by atoms with E-state index < -0.39 is 5.97 Å². The van der Waals surface area contributed by atoms with Crippen molar-refractivity contribution in [2.45, 2.75) is 32.2 Å². The number of likely N-dealkylation sites (tertiary alicyclic amines) is 1. The van der Waals surface area contributed by atoms with Gasteiger partial charge in [0, 0.05) is 19.0 Å². The van der Waals surface area contributed by atoms with Gasteiger partial charge in [0.1, 0.15) is 0 Å². The lowest BCUT2D eigenvalue weighted by Gasteiger charge is -2.36. The van der Waals surface area contributed by atoms with Crippen LogP contribution in [0.15, 0.2) is 18.2 Å². The van der Waals surface area contributed by atoms with Crippen molar-refractivity contribution >= 4 is 5.97 Å². The highest BCUT2D eigenvalue weighted by atomic mass is 16.7. The molecular weight excluding hydrogens is 270 g/mol. The number of carboxylic acid groups (broad SMARTS) is 1. The number of carbonyl (C=O) groups is 1. The summed E-state index contributed by atoms with van der Waals surface area (Å²) in [6.45, 7) is 4.33. The van der Waals surface area contributed by atoms with Gasteiger partial charge in [-0.25, -0.2) is 0 Å². The third-order valence-corrected chi connectivity index (χ3v) is 4.44. The molecule has 0 aliphatic carbocycles. The van der Waals surface area contributed by atoms with Gasteiger partial charge in [0.2, 0.25) is 6.79 Å². The first-order chi connectivity index (χ1) is 10.1. The number of nitrogens with zero attached hydrogens (tertiary/aromatic N) is 1. The molecule has 2 heterocycles. The number of hydrogen-bond donors (Lipinski definition) is 1. The Hall–Kier alpha value is -1.75. The second kappa shape index (κ2) is 5.93. The summed E-state index contributed by atoms with van der Waals surface area (Å²) in [4.78, 5) is 13.3. The predicted octanol–water partition coefficient (Wildman–Crippen LogP) is 2.66. The monoisotopic (exact) mass is 291 g/mol. The summed E-state index contributed by atoms with van der Waals surface area (Å²) < 4.78 is 10.8. The van der Waals surface area contributed by atoms with Crippen molar-refractivity contribution in [1.82, 2.24) is 4.90 Å². The summed E-state index contributed by atoms with van der Waals surface area (Å²) in [5.74, 6) is 1.16. The van der Waals surface area contributed by atoms with E-state index in [0.717, 1.165) is 37.4 Å². The van der Waals surface area contributed by atoms with Crippen LogP contribution in [0.1, 0.15) is 37.8 Å². The lowest BCUT2D eigenvalue weighted by atomic mass is 9.93. The van der Waals surface area contributed by atoms with Crippen molar-refractivity contribution in [1.29, 1.82) is 0 Å². The van der Waals surface area contributed by atoms with Gasteiger partial charge >= 0.3 is 5.97 Å². The number of carboxylic acids is 1. The lowest BCUT2D eigenvalue weighted by Crippen LogP contribution is -2.37. The highest BCUT2D eigenvalue weighted by molar-refractivity contribution is 5.67. The van der Waals surface area contributed by atoms with Gasteiger partial charge in [-0.3, -0.25) is 9.69 Å². The van der Waals surface area contributed by atoms with E-state index in [-0.39, 0.29) is 25.2 Å². The molecule has 5 heteroatoms. The number of ether oxygens (including phenoxy) is 2. The maximum atomic E-state index is 10.9. The molecule has 0 saturated carbocycles. The van der Waals surface area contributed by atoms with Gasteiger partial charge < -0.3 is 14.6 Å². The fourth-order valence-corrected chi connectivity index (χ4v) is 3.25. The van der Waals surface area contributed by atoms with Gasteiger partial charge in [-0.2, -0.15) is 0 Å². The SMILES string of the molecule is CC(c1ccc2c(c1)OCO2)N1CCCC(CC(=O)O)C1. The molecule has 2 aliphatic heterocycles. The van der Waals surface area contributed by atoms with E-state index in [1.807, 2.05) is 12.1 Å². The zero-order chi connectivity index (χ0) is 14.8. The molecule has 2 atom stereocenters. The second-order valence-electron chi connectivity index (χ2n) is 5.89. The molecule has 1 saturated heterocycles. The minimum absolute atomic E-state index is 0.257. The van der Waals surface area contributed by atoms with E-state index >= 15 is 0 Å². The van der Waals surface area contributed by atoms with Crippen LogP contribution < -0.4 is 9.47 Å². The lowest BCUT2D eigenvalue weighted by molar-refractivity contribution is -0.138. The molecule has 1 fully saturated rings. The Labute approximate surface area is 124 Å². The van der Waals surface area contributed by atoms with Crippen LogP contribution in [0, 0.1) is 5.92 Å². The molecular formula is C16H21NO4. The Kier molecular flexibility index (Phi) is 4.01. The summed E-state index contributed by atoms with van der Waals surface area (Å²) in [6.07, 6.45) is 2.34. The smallest absolute Gasteiger partial charge is 0.303 e. The minimum Gasteiger partial charge on any atom is -0.481 e. The average Bonchev–Trinajstić information content (AvgIpc) is 2.93. The van der Waals surface area contributed by atoms with Crippen molar-refractivity contribution in [2.24, 2.45) is 5.92 Å². The molecule has 114 valence electrons. The maximum Gasteiger partial charge on any atom is 0.303 e. The summed E-state index contributed by atoms with van der Waals surface area (Å²) >= 11 is 0. The van der Waals surface area contributed by atoms with Crippen LogP contribution in [0.4, 0.5) is 0 Å². The number of aliphatic carboxylic acids is 1. The first kappa shape index (κ1) is 14.2. The van der Waals surface area contributed by atoms with Crippen molar-refractivity contribution in [3.8, 4) is 11.5 Å². The standard InChI is InChI=1S/C16H21NO4/c1-11(13-4-5-14-15(8-13)21-10-20-14)17-6-2-3-12(9-17)7-16(18)19/h4-5,8,11-12H,2-3,6-7,9-10H2,1H3,(H,18,19). The van der Waals surface area contributed by atoms with Crippen molar-refractivity contribution in [2.75, 3.05) is 19.9 Å². The zero-order valence-electron chi connectivity index (χ0n) is 12.2. The molecule has 5 nitrogen and oxygen atoms in total. The minimum atomic E-state index is -0.697. The topological polar surface area (TPSA) is 59.0 Å². The van der Waals surface area contributed by atoms with Crippen molar-refractivity contribution in [3.63, 3.8) is 0 Å². The van der Waals surface area contributed by atoms with Gasteiger partial charge in [0.05, 0.1) is 0 Å². The molecule has 1 aromatic rings. The fraction of sp³-hybridized carbons (Fsp3) is 0.562. The van der Waals surface area contributed by atoms with Crippen LogP contribution in [0.2, 0.25) is 0 Å². The number of fused-ring (bicyclic) bond motifs is 1. The van der Waals surface area contributed by atoms with Crippen LogP contribution in [0.25, 0.3) is 0 Å². The van der Waals surface area contributed by atoms with E-state index in [9.17, 15) is 4.79 Å². The van der Waals surface area contributed by atoms with Crippen molar-refractivity contribution in [3.05, 3.63) is 23.8 Å². The summed E-state index contributed by atoms with van der Waals surface area (Å²) in [5, 5.41) is 8.96. The average molecular weight is 291 g/mol. The molecule has 0 radical (unpaired) electrons. The van der Waals surface area contributed by atoms with Gasteiger partial charge in [0.25, 0.3) is 0 Å². The Morgan fingerprint density at radius 2 is 2.24 bits per heavy atom. The van der Waals surface area contributed by atoms with E-state index in [0.29, 0.717) is 0 Å². The van der Waals surface area contributed by atoms with E-state index in [4.69, 9.17) is 14.6 Å². The second-order valence-corrected chi connectivity index (χ2v) is 5.89. The predicted molar refractivity (Wildman–Crippen MR) is 77.5 cm³/mol. The molecule has 1 aromatic carbocycles. The molecule has 21 heavy (non-hydrogen) atoms. The van der Waals surface area contributed by atoms with Crippen LogP contribution in [-0.2, 0) is 4.79 Å². The third kappa shape index (κ3) is 3.13. The summed E-state index contributed by atoms with van der Waals surface area (Å²) in [6, 6.07) is 6.32. The fourth-order valence-electron chi connectivity index (χ4n) is 3.25. The van der Waals surface area contributed by atoms with E-state index in [1.165, 1.54) is 5.56 Å². The Morgan fingerprint density at radius 1 is 1.43 bits per heavy atom. The first-order valence-electron chi connectivity index (χ1n) is 7.49. The summed E-state index contributed by atoms with van der Waals surface area (Å²) in [7, 11) is 0. The van der Waals surface area contributed by atoms with Gasteiger partial charge in [-0.05, 0) is 49.9 Å². The van der Waals surface area contributed by atoms with E-state index in [2.05, 4.69) is 17.9 Å². The number of benzene rings is 1. The van der Waals surface area contributed by atoms with Crippen LogP contribution in [-0.4, -0.2) is 35.9 Å². The molecule has 3 rings (SSSR count). The quantitative estimate of drug-likeness (QED) is 0.924. The normalized spacial score (nSPS) is 23.0. The van der Waals surface area contributed by atoms with Gasteiger partial charge in [0.15, 0.2) is 11.5 Å². The molecule has 2 aliphatic rings. The van der Waals surface area contributed by atoms with Crippen molar-refractivity contribution < 1.29 is 19.4 Å². The van der Waals surface area contributed by atoms with Gasteiger partial charge in [-0.1, -0.05) is 6.07 Å². The van der Waals surface area contributed by atoms with Crippen LogP contribution >= 0.6 is 0 Å². The molecule has 0 spiro atoms. The Morgan fingerprint density at radius 3 is 3.05 bits per heavy atom. The Balaban J connectivity index is 1.69. The highest BCUT2D eigenvalue weighted by Crippen LogP contribution is 2.36. The first-order valence-corrected chi connectivity index (χ1v) is 7.49. The molecule has 0 bridgehead atoms. The highest BCUT2D eigenvalue weighted by Gasteiger charge is 2.26. The molecule has 2 unspecified atom stereocenters. The number of piperidine rings is 1. The molecule has 0 aromatic heterocycles. The van der Waals surface area contributed by atoms with Gasteiger partial charge in [-0.15, -0.1) is 0 Å². The third-order valence-electron chi connectivity index (χ3n) is 4.44. The molecule has 1 N–H and O–H groups in total. The maximum absolute atomic E-state index is 10.9. The number of hydrogen-bond acceptors (Lipinski definition) is 4. The Bertz CT molecular complexity index is 531. The largest absolute Gasteiger partial charge is 0.481 e. The molecule has 0 amide bonds.